The van der Waals surface area contributed by atoms with Crippen molar-refractivity contribution in [1.29, 1.82) is 5.26 Å². The van der Waals surface area contributed by atoms with Crippen molar-refractivity contribution < 1.29 is 0 Å². The number of nitrogens with zero attached hydrogens (tertiary/aromatic N) is 4. The van der Waals surface area contributed by atoms with Crippen molar-refractivity contribution in [1.82, 2.24) is 9.97 Å². The number of fused-ring (bicyclic) bond motifs is 1. The second-order valence-corrected chi connectivity index (χ2v) is 5.94. The van der Waals surface area contributed by atoms with E-state index < -0.39 is 0 Å². The Morgan fingerprint density at radius 1 is 1.14 bits per heavy atom. The molecule has 0 bridgehead atoms. The average Bonchev–Trinajstić information content (AvgIpc) is 2.55. The number of benzene rings is 2. The second kappa shape index (κ2) is 6.12. The molecule has 1 aromatic heterocycles. The molecule has 0 unspecified atom stereocenters. The molecule has 0 N–H and O–H groups in total. The van der Waals surface area contributed by atoms with E-state index in [0.29, 0.717) is 12.1 Å². The molecule has 108 valence electrons. The Bertz CT molecular complexity index is 853. The first-order chi connectivity index (χ1) is 10.7. The van der Waals surface area contributed by atoms with Gasteiger partial charge >= 0.3 is 0 Å². The van der Waals surface area contributed by atoms with Gasteiger partial charge in [0, 0.05) is 23.5 Å². The molecule has 0 atom stereocenters. The van der Waals surface area contributed by atoms with Crippen molar-refractivity contribution in [3.05, 3.63) is 64.4 Å². The normalized spacial score (nSPS) is 10.4. The van der Waals surface area contributed by atoms with E-state index in [4.69, 9.17) is 5.26 Å². The number of rotatable bonds is 3. The summed E-state index contributed by atoms with van der Waals surface area (Å²) in [5, 5.41) is 9.86. The molecule has 2 aromatic carbocycles. The van der Waals surface area contributed by atoms with Crippen LogP contribution in [-0.4, -0.2) is 17.0 Å². The maximum atomic E-state index is 8.85. The standard InChI is InChI=1S/C17H13BrN4/c1-22(10-13-4-2-12(9-19)3-5-13)17-15-8-14(18)6-7-16(15)20-11-21-17/h2-8,11H,10H2,1H3. The van der Waals surface area contributed by atoms with Crippen molar-refractivity contribution in [3.8, 4) is 6.07 Å². The quantitative estimate of drug-likeness (QED) is 0.717. The van der Waals surface area contributed by atoms with Crippen LogP contribution in [0.25, 0.3) is 10.9 Å². The van der Waals surface area contributed by atoms with Gasteiger partial charge in [-0.25, -0.2) is 9.97 Å². The molecule has 1 heterocycles. The van der Waals surface area contributed by atoms with Gasteiger partial charge in [-0.15, -0.1) is 0 Å². The second-order valence-electron chi connectivity index (χ2n) is 5.02. The van der Waals surface area contributed by atoms with Crippen LogP contribution >= 0.6 is 15.9 Å². The smallest absolute Gasteiger partial charge is 0.139 e. The van der Waals surface area contributed by atoms with Crippen molar-refractivity contribution in [3.63, 3.8) is 0 Å². The van der Waals surface area contributed by atoms with E-state index in [9.17, 15) is 0 Å². The zero-order valence-electron chi connectivity index (χ0n) is 12.0. The number of hydrogen-bond acceptors (Lipinski definition) is 4. The van der Waals surface area contributed by atoms with Crippen molar-refractivity contribution >= 4 is 32.7 Å². The summed E-state index contributed by atoms with van der Waals surface area (Å²) in [6.45, 7) is 0.713. The maximum absolute atomic E-state index is 8.85. The first-order valence-corrected chi connectivity index (χ1v) is 7.57. The predicted molar refractivity (Wildman–Crippen MR) is 90.5 cm³/mol. The highest BCUT2D eigenvalue weighted by Gasteiger charge is 2.09. The summed E-state index contributed by atoms with van der Waals surface area (Å²) in [6, 6.07) is 15.7. The van der Waals surface area contributed by atoms with E-state index in [1.54, 1.807) is 6.33 Å². The Kier molecular flexibility index (Phi) is 4.03. The predicted octanol–water partition coefficient (Wildman–Crippen LogP) is 3.90. The number of halogens is 1. The van der Waals surface area contributed by atoms with Gasteiger partial charge in [-0.1, -0.05) is 28.1 Å². The highest BCUT2D eigenvalue weighted by molar-refractivity contribution is 9.10. The molecule has 3 rings (SSSR count). The Morgan fingerprint density at radius 2 is 1.91 bits per heavy atom. The van der Waals surface area contributed by atoms with Crippen molar-refractivity contribution in [2.24, 2.45) is 0 Å². The van der Waals surface area contributed by atoms with Gasteiger partial charge in [-0.3, -0.25) is 0 Å². The number of hydrogen-bond donors (Lipinski definition) is 0. The Labute approximate surface area is 137 Å². The number of nitriles is 1. The highest BCUT2D eigenvalue weighted by atomic mass is 79.9. The van der Waals surface area contributed by atoms with E-state index in [1.165, 1.54) is 0 Å². The van der Waals surface area contributed by atoms with Gasteiger partial charge in [0.1, 0.15) is 12.1 Å². The molecule has 5 heteroatoms. The lowest BCUT2D eigenvalue weighted by Gasteiger charge is -2.19. The summed E-state index contributed by atoms with van der Waals surface area (Å²) in [6.07, 6.45) is 1.58. The fourth-order valence-electron chi connectivity index (χ4n) is 2.35. The summed E-state index contributed by atoms with van der Waals surface area (Å²) in [5.41, 5.74) is 2.71. The van der Waals surface area contributed by atoms with Crippen LogP contribution < -0.4 is 4.90 Å². The third-order valence-electron chi connectivity index (χ3n) is 3.44. The minimum Gasteiger partial charge on any atom is -0.355 e. The number of anilines is 1. The Hall–Kier alpha value is -2.45. The van der Waals surface area contributed by atoms with Gasteiger partial charge in [0.2, 0.25) is 0 Å². The summed E-state index contributed by atoms with van der Waals surface area (Å²) >= 11 is 3.49. The fraction of sp³-hybridized carbons (Fsp3) is 0.118. The third kappa shape index (κ3) is 2.92. The molecule has 4 nitrogen and oxygen atoms in total. The molecule has 0 aliphatic rings. The molecule has 0 fully saturated rings. The zero-order chi connectivity index (χ0) is 15.5. The van der Waals surface area contributed by atoms with Crippen LogP contribution in [0.3, 0.4) is 0 Å². The lowest BCUT2D eigenvalue weighted by molar-refractivity contribution is 0.900. The number of aromatic nitrogens is 2. The molecular weight excluding hydrogens is 340 g/mol. The van der Waals surface area contributed by atoms with Gasteiger partial charge in [0.15, 0.2) is 0 Å². The summed E-state index contributed by atoms with van der Waals surface area (Å²) < 4.78 is 1.00. The largest absolute Gasteiger partial charge is 0.355 e. The van der Waals surface area contributed by atoms with E-state index in [0.717, 1.165) is 26.8 Å². The van der Waals surface area contributed by atoms with Crippen LogP contribution in [0.5, 0.6) is 0 Å². The van der Waals surface area contributed by atoms with Crippen LogP contribution in [0, 0.1) is 11.3 Å². The molecule has 0 amide bonds. The zero-order valence-corrected chi connectivity index (χ0v) is 13.6. The third-order valence-corrected chi connectivity index (χ3v) is 3.93. The summed E-state index contributed by atoms with van der Waals surface area (Å²) in [5.74, 6) is 0.885. The van der Waals surface area contributed by atoms with Gasteiger partial charge in [0.05, 0.1) is 17.1 Å². The van der Waals surface area contributed by atoms with Crippen LogP contribution in [-0.2, 0) is 6.54 Å². The SMILES string of the molecule is CN(Cc1ccc(C#N)cc1)c1ncnc2ccc(Br)cc12. The highest BCUT2D eigenvalue weighted by Crippen LogP contribution is 2.26. The van der Waals surface area contributed by atoms with E-state index in [1.807, 2.05) is 49.5 Å². The molecular formula is C17H13BrN4. The lowest BCUT2D eigenvalue weighted by Crippen LogP contribution is -2.18. The molecule has 22 heavy (non-hydrogen) atoms. The Balaban J connectivity index is 1.93. The molecule has 0 saturated carbocycles. The topological polar surface area (TPSA) is 52.8 Å². The molecule has 3 aromatic rings. The van der Waals surface area contributed by atoms with Gasteiger partial charge in [-0.2, -0.15) is 5.26 Å². The summed E-state index contributed by atoms with van der Waals surface area (Å²) in [7, 11) is 2.00. The first-order valence-electron chi connectivity index (χ1n) is 6.78. The molecule has 0 aliphatic carbocycles. The minimum absolute atomic E-state index is 0.669. The fourth-order valence-corrected chi connectivity index (χ4v) is 2.71. The molecule has 0 radical (unpaired) electrons. The van der Waals surface area contributed by atoms with Gasteiger partial charge in [0.25, 0.3) is 0 Å². The van der Waals surface area contributed by atoms with Crippen LogP contribution in [0.4, 0.5) is 5.82 Å². The van der Waals surface area contributed by atoms with Crippen LogP contribution in [0.2, 0.25) is 0 Å². The molecule has 0 saturated heterocycles. The van der Waals surface area contributed by atoms with Crippen molar-refractivity contribution in [2.45, 2.75) is 6.54 Å². The molecule has 0 spiro atoms. The summed E-state index contributed by atoms with van der Waals surface area (Å²) in [4.78, 5) is 10.8. The van der Waals surface area contributed by atoms with E-state index in [-0.39, 0.29) is 0 Å². The Morgan fingerprint density at radius 3 is 2.64 bits per heavy atom. The maximum Gasteiger partial charge on any atom is 0.139 e. The van der Waals surface area contributed by atoms with Gasteiger partial charge in [-0.05, 0) is 35.9 Å². The minimum atomic E-state index is 0.669. The monoisotopic (exact) mass is 352 g/mol. The van der Waals surface area contributed by atoms with Crippen LogP contribution in [0.1, 0.15) is 11.1 Å². The van der Waals surface area contributed by atoms with Crippen molar-refractivity contribution in [2.75, 3.05) is 11.9 Å². The van der Waals surface area contributed by atoms with Gasteiger partial charge < -0.3 is 4.90 Å². The lowest BCUT2D eigenvalue weighted by atomic mass is 10.1. The first kappa shape index (κ1) is 14.5. The van der Waals surface area contributed by atoms with E-state index >= 15 is 0 Å². The average molecular weight is 353 g/mol. The molecule has 0 aliphatic heterocycles. The van der Waals surface area contributed by atoms with Crippen LogP contribution in [0.15, 0.2) is 53.3 Å². The van der Waals surface area contributed by atoms with E-state index in [2.05, 4.69) is 36.9 Å².